The van der Waals surface area contributed by atoms with Gasteiger partial charge in [-0.05, 0) is 38.0 Å². The first-order valence-corrected chi connectivity index (χ1v) is 9.44. The zero-order chi connectivity index (χ0) is 16.3. The number of carbonyl (C=O) groups is 1. The number of nitrogens with zero attached hydrogens (tertiary/aromatic N) is 1. The Hall–Kier alpha value is -1.56. The molecule has 1 aromatic rings. The Morgan fingerprint density at radius 2 is 2.00 bits per heavy atom. The van der Waals surface area contributed by atoms with E-state index in [-0.39, 0.29) is 11.9 Å². The molecule has 1 aliphatic carbocycles. The van der Waals surface area contributed by atoms with Crippen LogP contribution < -0.4 is 0 Å². The third-order valence-electron chi connectivity index (χ3n) is 4.21. The van der Waals surface area contributed by atoms with Crippen molar-refractivity contribution in [3.63, 3.8) is 0 Å². The number of aryl methyl sites for hydroxylation is 1. The molecule has 0 spiro atoms. The van der Waals surface area contributed by atoms with Gasteiger partial charge in [0.1, 0.15) is 11.5 Å². The fraction of sp³-hybridized carbons (Fsp3) is 0.562. The smallest absolute Gasteiger partial charge is 0.246 e. The Morgan fingerprint density at radius 3 is 2.59 bits per heavy atom. The van der Waals surface area contributed by atoms with E-state index in [1.54, 1.807) is 24.1 Å². The molecule has 0 bridgehead atoms. The lowest BCUT2D eigenvalue weighted by Crippen LogP contribution is -2.48. The van der Waals surface area contributed by atoms with Gasteiger partial charge in [-0.25, -0.2) is 8.42 Å². The summed E-state index contributed by atoms with van der Waals surface area (Å²) >= 11 is 0. The second-order valence-electron chi connectivity index (χ2n) is 5.95. The van der Waals surface area contributed by atoms with Crippen molar-refractivity contribution in [2.24, 2.45) is 0 Å². The fourth-order valence-corrected chi connectivity index (χ4v) is 4.48. The van der Waals surface area contributed by atoms with Crippen LogP contribution in [0.25, 0.3) is 6.08 Å². The molecule has 1 aliphatic rings. The second-order valence-corrected chi connectivity index (χ2v) is 8.22. The average Bonchev–Trinajstić information content (AvgIpc) is 2.88. The molecule has 22 heavy (non-hydrogen) atoms. The number of carbonyl (C=O) groups excluding carboxylic acids is 1. The summed E-state index contributed by atoms with van der Waals surface area (Å²) in [5.41, 5.74) is 0. The molecule has 1 aromatic heterocycles. The molecular formula is C16H23NO4S. The molecule has 2 unspecified atom stereocenters. The van der Waals surface area contributed by atoms with E-state index >= 15 is 0 Å². The van der Waals surface area contributed by atoms with E-state index in [1.165, 1.54) is 12.3 Å². The topological polar surface area (TPSA) is 67.6 Å². The Morgan fingerprint density at radius 1 is 1.32 bits per heavy atom. The van der Waals surface area contributed by atoms with Crippen molar-refractivity contribution < 1.29 is 17.6 Å². The van der Waals surface area contributed by atoms with Gasteiger partial charge in [0.2, 0.25) is 5.91 Å². The van der Waals surface area contributed by atoms with Gasteiger partial charge in [0, 0.05) is 25.4 Å². The lowest BCUT2D eigenvalue weighted by atomic mass is 9.94. The third kappa shape index (κ3) is 4.00. The van der Waals surface area contributed by atoms with E-state index in [1.807, 2.05) is 13.0 Å². The molecular weight excluding hydrogens is 302 g/mol. The summed E-state index contributed by atoms with van der Waals surface area (Å²) in [6.45, 7) is 1.84. The van der Waals surface area contributed by atoms with Crippen LogP contribution >= 0.6 is 0 Å². The number of sulfone groups is 1. The van der Waals surface area contributed by atoms with Crippen LogP contribution in [0.2, 0.25) is 0 Å². The van der Waals surface area contributed by atoms with Crippen LogP contribution in [-0.2, 0) is 14.6 Å². The first-order valence-electron chi connectivity index (χ1n) is 7.49. The number of hydrogen-bond donors (Lipinski definition) is 0. The molecule has 5 nitrogen and oxygen atoms in total. The molecule has 1 heterocycles. The molecule has 0 N–H and O–H groups in total. The van der Waals surface area contributed by atoms with Gasteiger partial charge in [-0.1, -0.05) is 12.8 Å². The van der Waals surface area contributed by atoms with Crippen LogP contribution in [-0.4, -0.2) is 43.8 Å². The number of amides is 1. The van der Waals surface area contributed by atoms with Gasteiger partial charge in [0.25, 0.3) is 0 Å². The van der Waals surface area contributed by atoms with E-state index < -0.39 is 15.1 Å². The van der Waals surface area contributed by atoms with Crippen LogP contribution in [0.15, 0.2) is 22.6 Å². The Kier molecular flexibility index (Phi) is 5.11. The standard InChI is InChI=1S/C16H23NO4S/c1-12-8-9-13(21-12)10-11-16(18)17(2)14-6-4-5-7-15(14)22(3,19)20/h8-11,14-15H,4-7H2,1-3H3. The van der Waals surface area contributed by atoms with Crippen molar-refractivity contribution in [3.8, 4) is 0 Å². The van der Waals surface area contributed by atoms with Crippen LogP contribution in [0, 0.1) is 6.92 Å². The molecule has 6 heteroatoms. The maximum atomic E-state index is 12.3. The van der Waals surface area contributed by atoms with Gasteiger partial charge < -0.3 is 9.32 Å². The monoisotopic (exact) mass is 325 g/mol. The van der Waals surface area contributed by atoms with E-state index in [2.05, 4.69) is 0 Å². The highest BCUT2D eigenvalue weighted by Gasteiger charge is 2.36. The molecule has 1 saturated carbocycles. The van der Waals surface area contributed by atoms with Crippen molar-refractivity contribution >= 4 is 21.8 Å². The summed E-state index contributed by atoms with van der Waals surface area (Å²) < 4.78 is 29.3. The van der Waals surface area contributed by atoms with Gasteiger partial charge in [-0.2, -0.15) is 0 Å². The average molecular weight is 325 g/mol. The minimum atomic E-state index is -3.15. The summed E-state index contributed by atoms with van der Waals surface area (Å²) in [5, 5.41) is -0.463. The summed E-state index contributed by atoms with van der Waals surface area (Å²) in [7, 11) is -1.48. The lowest BCUT2D eigenvalue weighted by Gasteiger charge is -2.36. The molecule has 0 aliphatic heterocycles. The quantitative estimate of drug-likeness (QED) is 0.797. The largest absolute Gasteiger partial charge is 0.462 e. The Bertz CT molecular complexity index is 659. The molecule has 122 valence electrons. The van der Waals surface area contributed by atoms with Crippen molar-refractivity contribution in [3.05, 3.63) is 29.7 Å². The van der Waals surface area contributed by atoms with E-state index in [0.717, 1.165) is 25.0 Å². The molecule has 1 amide bonds. The van der Waals surface area contributed by atoms with E-state index in [4.69, 9.17) is 4.42 Å². The predicted octanol–water partition coefficient (Wildman–Crippen LogP) is 2.42. The maximum Gasteiger partial charge on any atom is 0.246 e. The predicted molar refractivity (Wildman–Crippen MR) is 86.1 cm³/mol. The van der Waals surface area contributed by atoms with Crippen molar-refractivity contribution in [1.82, 2.24) is 4.90 Å². The number of hydrogen-bond acceptors (Lipinski definition) is 4. The van der Waals surface area contributed by atoms with Crippen LogP contribution in [0.1, 0.15) is 37.2 Å². The molecule has 0 aromatic carbocycles. The third-order valence-corrected chi connectivity index (χ3v) is 5.86. The summed E-state index contributed by atoms with van der Waals surface area (Å²) in [4.78, 5) is 13.9. The fourth-order valence-electron chi connectivity index (χ4n) is 3.00. The van der Waals surface area contributed by atoms with Gasteiger partial charge in [-0.3, -0.25) is 4.79 Å². The maximum absolute atomic E-state index is 12.3. The SMILES string of the molecule is Cc1ccc(C=CC(=O)N(C)C2CCCCC2S(C)(=O)=O)o1. The van der Waals surface area contributed by atoms with Gasteiger partial charge in [0.15, 0.2) is 9.84 Å². The normalized spacial score (nSPS) is 22.9. The molecule has 1 fully saturated rings. The molecule has 2 rings (SSSR count). The minimum Gasteiger partial charge on any atom is -0.462 e. The van der Waals surface area contributed by atoms with Gasteiger partial charge in [0.05, 0.1) is 5.25 Å². The van der Waals surface area contributed by atoms with Crippen LogP contribution in [0.3, 0.4) is 0 Å². The van der Waals surface area contributed by atoms with Gasteiger partial charge in [-0.15, -0.1) is 0 Å². The summed E-state index contributed by atoms with van der Waals surface area (Å²) in [5.74, 6) is 1.20. The van der Waals surface area contributed by atoms with Gasteiger partial charge >= 0.3 is 0 Å². The van der Waals surface area contributed by atoms with Crippen molar-refractivity contribution in [1.29, 1.82) is 0 Å². The highest BCUT2D eigenvalue weighted by molar-refractivity contribution is 7.91. The Labute approximate surface area is 131 Å². The molecule has 0 saturated heterocycles. The van der Waals surface area contributed by atoms with Crippen molar-refractivity contribution in [2.45, 2.75) is 43.9 Å². The first-order chi connectivity index (χ1) is 10.3. The number of rotatable bonds is 4. The molecule has 0 radical (unpaired) electrons. The molecule has 2 atom stereocenters. The number of furan rings is 1. The van der Waals surface area contributed by atoms with Crippen LogP contribution in [0.4, 0.5) is 0 Å². The zero-order valence-electron chi connectivity index (χ0n) is 13.3. The van der Waals surface area contributed by atoms with Crippen molar-refractivity contribution in [2.75, 3.05) is 13.3 Å². The highest BCUT2D eigenvalue weighted by Crippen LogP contribution is 2.27. The van der Waals surface area contributed by atoms with E-state index in [0.29, 0.717) is 12.2 Å². The summed E-state index contributed by atoms with van der Waals surface area (Å²) in [6.07, 6.45) is 7.52. The minimum absolute atomic E-state index is 0.199. The second kappa shape index (κ2) is 6.69. The summed E-state index contributed by atoms with van der Waals surface area (Å²) in [6, 6.07) is 3.37. The number of likely N-dealkylation sites (N-methyl/N-ethyl adjacent to an activating group) is 1. The lowest BCUT2D eigenvalue weighted by molar-refractivity contribution is -0.127. The van der Waals surface area contributed by atoms with Crippen LogP contribution in [0.5, 0.6) is 0 Å². The van der Waals surface area contributed by atoms with E-state index in [9.17, 15) is 13.2 Å². The zero-order valence-corrected chi connectivity index (χ0v) is 14.1. The first kappa shape index (κ1) is 16.8. The highest BCUT2D eigenvalue weighted by atomic mass is 32.2. The Balaban J connectivity index is 2.09.